The van der Waals surface area contributed by atoms with Crippen LogP contribution in [0.15, 0.2) is 66.7 Å². The second kappa shape index (κ2) is 4.86. The molecule has 1 aromatic heterocycles. The van der Waals surface area contributed by atoms with E-state index < -0.39 is 0 Å². The molecule has 0 amide bonds. The number of fused-ring (bicyclic) bond motifs is 1. The fourth-order valence-corrected chi connectivity index (χ4v) is 2.53. The molecule has 0 aliphatic carbocycles. The molecular weight excluding hydrogens is 262 g/mol. The summed E-state index contributed by atoms with van der Waals surface area (Å²) in [5, 5.41) is 15.2. The highest BCUT2D eigenvalue weighted by atomic mass is 15.6. The Kier molecular flexibility index (Phi) is 2.74. The van der Waals surface area contributed by atoms with Crippen molar-refractivity contribution in [3.63, 3.8) is 0 Å². The van der Waals surface area contributed by atoms with E-state index in [1.165, 1.54) is 0 Å². The molecule has 0 fully saturated rings. The molecule has 3 aromatic rings. The second-order valence-corrected chi connectivity index (χ2v) is 4.87. The van der Waals surface area contributed by atoms with Crippen molar-refractivity contribution in [2.24, 2.45) is 0 Å². The largest absolute Gasteiger partial charge is 0.323 e. The van der Waals surface area contributed by atoms with E-state index in [9.17, 15) is 0 Å². The molecule has 1 aliphatic rings. The van der Waals surface area contributed by atoms with Crippen LogP contribution in [0, 0.1) is 0 Å². The second-order valence-electron chi connectivity index (χ2n) is 4.87. The van der Waals surface area contributed by atoms with E-state index in [2.05, 4.69) is 51.2 Å². The number of benzene rings is 2. The molecule has 2 aromatic carbocycles. The van der Waals surface area contributed by atoms with Crippen LogP contribution in [0.25, 0.3) is 5.70 Å². The zero-order valence-corrected chi connectivity index (χ0v) is 11.2. The fraction of sp³-hybridized carbons (Fsp3) is 0.0625. The number of hydrogen-bond acceptors (Lipinski definition) is 4. The maximum atomic E-state index is 4.09. The van der Waals surface area contributed by atoms with E-state index >= 15 is 0 Å². The predicted octanol–water partition coefficient (Wildman–Crippen LogP) is 2.73. The number of tetrazole rings is 1. The SMILES string of the molecule is C1=C(c2ccccc2)Nc2nnnn2[C@@H]1c1ccccc1. The molecule has 0 spiro atoms. The molecule has 0 bridgehead atoms. The molecule has 1 aliphatic heterocycles. The van der Waals surface area contributed by atoms with E-state index in [1.807, 2.05) is 36.4 Å². The van der Waals surface area contributed by atoms with Gasteiger partial charge in [-0.25, -0.2) is 0 Å². The number of aromatic nitrogens is 4. The van der Waals surface area contributed by atoms with Crippen LogP contribution >= 0.6 is 0 Å². The van der Waals surface area contributed by atoms with E-state index in [-0.39, 0.29) is 6.04 Å². The molecule has 102 valence electrons. The smallest absolute Gasteiger partial charge is 0.248 e. The van der Waals surface area contributed by atoms with Gasteiger partial charge in [0.1, 0.15) is 6.04 Å². The number of rotatable bonds is 2. The van der Waals surface area contributed by atoms with Gasteiger partial charge in [0.05, 0.1) is 0 Å². The minimum atomic E-state index is -0.00680. The summed E-state index contributed by atoms with van der Waals surface area (Å²) in [7, 11) is 0. The van der Waals surface area contributed by atoms with Gasteiger partial charge in [0.15, 0.2) is 0 Å². The summed E-state index contributed by atoms with van der Waals surface area (Å²) in [4.78, 5) is 0. The van der Waals surface area contributed by atoms with Crippen LogP contribution in [0.5, 0.6) is 0 Å². The highest BCUT2D eigenvalue weighted by Gasteiger charge is 2.23. The maximum absolute atomic E-state index is 4.09. The summed E-state index contributed by atoms with van der Waals surface area (Å²) in [6.45, 7) is 0. The Morgan fingerprint density at radius 1 is 0.905 bits per heavy atom. The minimum Gasteiger partial charge on any atom is -0.323 e. The van der Waals surface area contributed by atoms with Crippen molar-refractivity contribution in [3.8, 4) is 0 Å². The molecule has 5 heteroatoms. The Hall–Kier alpha value is -2.95. The first-order valence-corrected chi connectivity index (χ1v) is 6.79. The van der Waals surface area contributed by atoms with Crippen molar-refractivity contribution in [2.45, 2.75) is 6.04 Å². The van der Waals surface area contributed by atoms with Crippen molar-refractivity contribution in [1.29, 1.82) is 0 Å². The first kappa shape index (κ1) is 11.8. The van der Waals surface area contributed by atoms with Crippen LogP contribution in [0.2, 0.25) is 0 Å². The van der Waals surface area contributed by atoms with Crippen molar-refractivity contribution in [2.75, 3.05) is 5.32 Å². The lowest BCUT2D eigenvalue weighted by Crippen LogP contribution is -2.20. The first-order chi connectivity index (χ1) is 10.4. The zero-order valence-electron chi connectivity index (χ0n) is 11.2. The molecule has 4 rings (SSSR count). The molecule has 1 N–H and O–H groups in total. The van der Waals surface area contributed by atoms with Crippen molar-refractivity contribution >= 4 is 11.6 Å². The molecule has 0 saturated carbocycles. The quantitative estimate of drug-likeness (QED) is 0.781. The monoisotopic (exact) mass is 275 g/mol. The highest BCUT2D eigenvalue weighted by molar-refractivity contribution is 5.76. The minimum absolute atomic E-state index is 0.00680. The van der Waals surface area contributed by atoms with Crippen LogP contribution in [0.3, 0.4) is 0 Å². The van der Waals surface area contributed by atoms with Crippen LogP contribution in [0.4, 0.5) is 5.95 Å². The normalized spacial score (nSPS) is 16.8. The van der Waals surface area contributed by atoms with Crippen LogP contribution < -0.4 is 5.32 Å². The van der Waals surface area contributed by atoms with Crippen molar-refractivity contribution in [3.05, 3.63) is 77.9 Å². The van der Waals surface area contributed by atoms with E-state index in [4.69, 9.17) is 0 Å². The summed E-state index contributed by atoms with van der Waals surface area (Å²) in [5.41, 5.74) is 3.29. The van der Waals surface area contributed by atoms with Crippen molar-refractivity contribution < 1.29 is 0 Å². The third-order valence-corrected chi connectivity index (χ3v) is 3.55. The summed E-state index contributed by atoms with van der Waals surface area (Å²) in [6, 6.07) is 20.4. The van der Waals surface area contributed by atoms with Crippen molar-refractivity contribution in [1.82, 2.24) is 20.2 Å². The Balaban J connectivity index is 1.83. The Labute approximate surface area is 121 Å². The molecule has 0 radical (unpaired) electrons. The lowest BCUT2D eigenvalue weighted by atomic mass is 10.0. The molecule has 21 heavy (non-hydrogen) atoms. The number of nitrogens with zero attached hydrogens (tertiary/aromatic N) is 4. The Morgan fingerprint density at radius 3 is 2.38 bits per heavy atom. The Bertz CT molecular complexity index is 777. The lowest BCUT2D eigenvalue weighted by molar-refractivity contribution is 0.586. The summed E-state index contributed by atoms with van der Waals surface area (Å²) >= 11 is 0. The number of anilines is 1. The molecule has 2 heterocycles. The van der Waals surface area contributed by atoms with Gasteiger partial charge < -0.3 is 5.32 Å². The highest BCUT2D eigenvalue weighted by Crippen LogP contribution is 2.31. The van der Waals surface area contributed by atoms with Gasteiger partial charge >= 0.3 is 0 Å². The van der Waals surface area contributed by atoms with Crippen LogP contribution in [-0.4, -0.2) is 20.2 Å². The molecule has 1 atom stereocenters. The molecule has 0 saturated heterocycles. The average Bonchev–Trinajstić information content (AvgIpc) is 3.04. The Morgan fingerprint density at radius 2 is 1.62 bits per heavy atom. The van der Waals surface area contributed by atoms with Gasteiger partial charge in [0.25, 0.3) is 0 Å². The maximum Gasteiger partial charge on any atom is 0.248 e. The van der Waals surface area contributed by atoms with Crippen LogP contribution in [0.1, 0.15) is 17.2 Å². The van der Waals surface area contributed by atoms with Crippen LogP contribution in [-0.2, 0) is 0 Å². The standard InChI is InChI=1S/C16H13N5/c1-3-7-12(8-4-1)14-11-15(13-9-5-2-6-10-13)21-16(17-14)18-19-20-21/h1-11,15H,(H,17,18,20)/t15-/m0/s1. The first-order valence-electron chi connectivity index (χ1n) is 6.79. The average molecular weight is 275 g/mol. The number of nitrogens with one attached hydrogen (secondary N) is 1. The lowest BCUT2D eigenvalue weighted by Gasteiger charge is -2.23. The fourth-order valence-electron chi connectivity index (χ4n) is 2.53. The number of allylic oxidation sites excluding steroid dienone is 1. The summed E-state index contributed by atoms with van der Waals surface area (Å²) < 4.78 is 1.79. The molecular formula is C16H13N5. The third kappa shape index (κ3) is 2.08. The zero-order chi connectivity index (χ0) is 14.1. The summed E-state index contributed by atoms with van der Waals surface area (Å²) in [6.07, 6.45) is 2.15. The van der Waals surface area contributed by atoms with E-state index in [0.717, 1.165) is 16.8 Å². The summed E-state index contributed by atoms with van der Waals surface area (Å²) in [5.74, 6) is 0.658. The van der Waals surface area contributed by atoms with Gasteiger partial charge in [-0.3, -0.25) is 0 Å². The van der Waals surface area contributed by atoms with E-state index in [0.29, 0.717) is 5.95 Å². The number of hydrogen-bond donors (Lipinski definition) is 1. The topological polar surface area (TPSA) is 55.6 Å². The predicted molar refractivity (Wildman–Crippen MR) is 80.4 cm³/mol. The van der Waals surface area contributed by atoms with Gasteiger partial charge in [-0.2, -0.15) is 4.68 Å². The van der Waals surface area contributed by atoms with E-state index in [1.54, 1.807) is 4.68 Å². The molecule has 0 unspecified atom stereocenters. The molecule has 5 nitrogen and oxygen atoms in total. The van der Waals surface area contributed by atoms with Gasteiger partial charge in [-0.1, -0.05) is 65.8 Å². The van der Waals surface area contributed by atoms with Gasteiger partial charge in [-0.15, -0.1) is 0 Å². The van der Waals surface area contributed by atoms with Gasteiger partial charge in [0, 0.05) is 5.70 Å². The van der Waals surface area contributed by atoms with Gasteiger partial charge in [0.2, 0.25) is 5.95 Å². The third-order valence-electron chi connectivity index (χ3n) is 3.55. The van der Waals surface area contributed by atoms with Gasteiger partial charge in [-0.05, 0) is 27.6 Å².